The van der Waals surface area contributed by atoms with Crippen LogP contribution in [0.5, 0.6) is 0 Å². The van der Waals surface area contributed by atoms with Crippen molar-refractivity contribution in [1.82, 2.24) is 0 Å². The summed E-state index contributed by atoms with van der Waals surface area (Å²) in [6, 6.07) is 5.52. The molecule has 1 aromatic rings. The molecular weight excluding hydrogens is 257 g/mol. The van der Waals surface area contributed by atoms with E-state index in [1.807, 2.05) is 6.07 Å². The Labute approximate surface area is 120 Å². The Balaban J connectivity index is 2.03. The number of hydrogen-bond donors (Lipinski definition) is 1. The Morgan fingerprint density at radius 1 is 1.37 bits per heavy atom. The Morgan fingerprint density at radius 2 is 2.11 bits per heavy atom. The maximum absolute atomic E-state index is 14.0. The molecule has 1 atom stereocenters. The highest BCUT2D eigenvalue weighted by Gasteiger charge is 2.18. The highest BCUT2D eigenvalue weighted by Crippen LogP contribution is 2.34. The molecule has 0 saturated heterocycles. The largest absolute Gasteiger partial charge is 0.327 e. The monoisotopic (exact) mass is 281 g/mol. The summed E-state index contributed by atoms with van der Waals surface area (Å²) in [6.07, 6.45) is 7.02. The Bertz CT molecular complexity index is 402. The molecule has 1 unspecified atom stereocenters. The molecule has 0 aliphatic heterocycles. The molecule has 0 radical (unpaired) electrons. The first-order valence-electron chi connectivity index (χ1n) is 7.36. The van der Waals surface area contributed by atoms with Crippen LogP contribution in [0.15, 0.2) is 23.1 Å². The van der Waals surface area contributed by atoms with Gasteiger partial charge >= 0.3 is 0 Å². The first-order valence-corrected chi connectivity index (χ1v) is 8.35. The molecular formula is C16H24FNS. The van der Waals surface area contributed by atoms with Gasteiger partial charge in [0.15, 0.2) is 0 Å². The molecule has 1 saturated carbocycles. The molecule has 1 aromatic carbocycles. The first kappa shape index (κ1) is 14.9. The van der Waals surface area contributed by atoms with Crippen LogP contribution in [0.2, 0.25) is 0 Å². The number of thioether (sulfide) groups is 1. The minimum atomic E-state index is -0.0798. The van der Waals surface area contributed by atoms with E-state index in [1.165, 1.54) is 25.7 Å². The van der Waals surface area contributed by atoms with Crippen LogP contribution in [-0.4, -0.2) is 11.8 Å². The van der Waals surface area contributed by atoms with E-state index in [1.54, 1.807) is 23.9 Å². The lowest BCUT2D eigenvalue weighted by Gasteiger charge is -2.15. The lowest BCUT2D eigenvalue weighted by Crippen LogP contribution is -2.21. The third-order valence-corrected chi connectivity index (χ3v) is 5.38. The number of benzene rings is 1. The third kappa shape index (κ3) is 4.22. The van der Waals surface area contributed by atoms with Gasteiger partial charge in [-0.25, -0.2) is 4.39 Å². The molecule has 0 spiro atoms. The molecule has 1 aliphatic carbocycles. The minimum absolute atomic E-state index is 0.0798. The Hall–Kier alpha value is -0.540. The van der Waals surface area contributed by atoms with Gasteiger partial charge in [0.05, 0.1) is 0 Å². The van der Waals surface area contributed by atoms with Crippen LogP contribution in [0, 0.1) is 11.7 Å². The Morgan fingerprint density at radius 3 is 2.79 bits per heavy atom. The van der Waals surface area contributed by atoms with E-state index >= 15 is 0 Å². The molecule has 0 bridgehead atoms. The maximum Gasteiger partial charge on any atom is 0.137 e. The summed E-state index contributed by atoms with van der Waals surface area (Å²) in [5, 5.41) is 0. The van der Waals surface area contributed by atoms with Gasteiger partial charge in [0, 0.05) is 16.7 Å². The average molecular weight is 281 g/mol. The first-order chi connectivity index (χ1) is 9.20. The number of rotatable bonds is 6. The van der Waals surface area contributed by atoms with Crippen molar-refractivity contribution in [2.75, 3.05) is 5.75 Å². The van der Waals surface area contributed by atoms with Crippen molar-refractivity contribution in [3.63, 3.8) is 0 Å². The van der Waals surface area contributed by atoms with Crippen molar-refractivity contribution in [2.24, 2.45) is 11.7 Å². The van der Waals surface area contributed by atoms with E-state index in [9.17, 15) is 4.39 Å². The predicted molar refractivity (Wildman–Crippen MR) is 81.1 cm³/mol. The van der Waals surface area contributed by atoms with Crippen LogP contribution < -0.4 is 5.73 Å². The standard InChI is InChI=1S/C16H24FNS/c1-2-14(18)10-13-8-5-9-15(17)16(13)19-11-12-6-3-4-7-12/h5,8-9,12,14H,2-4,6-7,10-11,18H2,1H3. The zero-order chi connectivity index (χ0) is 13.7. The zero-order valence-corrected chi connectivity index (χ0v) is 12.5. The van der Waals surface area contributed by atoms with Crippen molar-refractivity contribution in [1.29, 1.82) is 0 Å². The normalized spacial score (nSPS) is 17.8. The lowest BCUT2D eigenvalue weighted by atomic mass is 10.0. The third-order valence-electron chi connectivity index (χ3n) is 3.99. The molecule has 1 aliphatic rings. The van der Waals surface area contributed by atoms with E-state index < -0.39 is 0 Å². The molecule has 0 aromatic heterocycles. The van der Waals surface area contributed by atoms with Gasteiger partial charge in [-0.1, -0.05) is 31.9 Å². The molecule has 0 amide bonds. The summed E-state index contributed by atoms with van der Waals surface area (Å²) in [7, 11) is 0. The quantitative estimate of drug-likeness (QED) is 0.783. The summed E-state index contributed by atoms with van der Waals surface area (Å²) < 4.78 is 14.0. The molecule has 2 rings (SSSR count). The number of nitrogens with two attached hydrogens (primary N) is 1. The fraction of sp³-hybridized carbons (Fsp3) is 0.625. The van der Waals surface area contributed by atoms with Crippen LogP contribution >= 0.6 is 11.8 Å². The van der Waals surface area contributed by atoms with E-state index in [0.717, 1.165) is 35.0 Å². The highest BCUT2D eigenvalue weighted by atomic mass is 32.2. The van der Waals surface area contributed by atoms with Gasteiger partial charge in [-0.3, -0.25) is 0 Å². The van der Waals surface area contributed by atoms with Gasteiger partial charge in [-0.15, -0.1) is 11.8 Å². The van der Waals surface area contributed by atoms with Crippen LogP contribution in [0.1, 0.15) is 44.6 Å². The van der Waals surface area contributed by atoms with Crippen molar-refractivity contribution in [2.45, 2.75) is 56.4 Å². The van der Waals surface area contributed by atoms with Crippen LogP contribution in [0.3, 0.4) is 0 Å². The van der Waals surface area contributed by atoms with Crippen molar-refractivity contribution < 1.29 is 4.39 Å². The molecule has 0 heterocycles. The second kappa shape index (κ2) is 7.30. The van der Waals surface area contributed by atoms with Crippen molar-refractivity contribution in [3.8, 4) is 0 Å². The average Bonchev–Trinajstić information content (AvgIpc) is 2.91. The summed E-state index contributed by atoms with van der Waals surface area (Å²) in [5.74, 6) is 1.75. The molecule has 1 nitrogen and oxygen atoms in total. The fourth-order valence-electron chi connectivity index (χ4n) is 2.68. The van der Waals surface area contributed by atoms with Crippen LogP contribution in [0.4, 0.5) is 4.39 Å². The summed E-state index contributed by atoms with van der Waals surface area (Å²) >= 11 is 1.69. The van der Waals surface area contributed by atoms with Crippen LogP contribution in [0.25, 0.3) is 0 Å². The lowest BCUT2D eigenvalue weighted by molar-refractivity contribution is 0.582. The number of halogens is 1. The topological polar surface area (TPSA) is 26.0 Å². The second-order valence-corrected chi connectivity index (χ2v) is 6.59. The van der Waals surface area contributed by atoms with E-state index in [4.69, 9.17) is 5.73 Å². The van der Waals surface area contributed by atoms with Gasteiger partial charge in [0.25, 0.3) is 0 Å². The van der Waals surface area contributed by atoms with Gasteiger partial charge in [-0.2, -0.15) is 0 Å². The zero-order valence-electron chi connectivity index (χ0n) is 11.7. The molecule has 2 N–H and O–H groups in total. The predicted octanol–water partition coefficient (Wildman–Crippen LogP) is 4.39. The maximum atomic E-state index is 14.0. The second-order valence-electron chi connectivity index (χ2n) is 5.56. The fourth-order valence-corrected chi connectivity index (χ4v) is 3.96. The molecule has 106 valence electrons. The van der Waals surface area contributed by atoms with Gasteiger partial charge < -0.3 is 5.73 Å². The van der Waals surface area contributed by atoms with Gasteiger partial charge in [0.2, 0.25) is 0 Å². The van der Waals surface area contributed by atoms with Crippen molar-refractivity contribution >= 4 is 11.8 Å². The van der Waals surface area contributed by atoms with E-state index in [0.29, 0.717) is 0 Å². The Kier molecular flexibility index (Phi) is 5.71. The summed E-state index contributed by atoms with van der Waals surface area (Å²) in [4.78, 5) is 0.832. The van der Waals surface area contributed by atoms with E-state index in [-0.39, 0.29) is 11.9 Å². The molecule has 1 fully saturated rings. The molecule has 3 heteroatoms. The van der Waals surface area contributed by atoms with Crippen LogP contribution in [-0.2, 0) is 6.42 Å². The van der Waals surface area contributed by atoms with Gasteiger partial charge in [-0.05, 0) is 43.2 Å². The molecule has 19 heavy (non-hydrogen) atoms. The van der Waals surface area contributed by atoms with E-state index in [2.05, 4.69) is 6.92 Å². The van der Waals surface area contributed by atoms with Crippen molar-refractivity contribution in [3.05, 3.63) is 29.6 Å². The van der Waals surface area contributed by atoms with Gasteiger partial charge in [0.1, 0.15) is 5.82 Å². The summed E-state index contributed by atoms with van der Waals surface area (Å²) in [5.41, 5.74) is 7.09. The smallest absolute Gasteiger partial charge is 0.137 e. The minimum Gasteiger partial charge on any atom is -0.327 e. The highest BCUT2D eigenvalue weighted by molar-refractivity contribution is 7.99. The summed E-state index contributed by atoms with van der Waals surface area (Å²) in [6.45, 7) is 2.08. The SMILES string of the molecule is CCC(N)Cc1cccc(F)c1SCC1CCCC1. The number of hydrogen-bond acceptors (Lipinski definition) is 2.